The van der Waals surface area contributed by atoms with Crippen LogP contribution in [0.25, 0.3) is 0 Å². The van der Waals surface area contributed by atoms with Crippen molar-refractivity contribution in [1.29, 1.82) is 0 Å². The molecule has 0 radical (unpaired) electrons. The van der Waals surface area contributed by atoms with Crippen LogP contribution in [0, 0.1) is 0 Å². The van der Waals surface area contributed by atoms with E-state index < -0.39 is 27.3 Å². The fourth-order valence-electron chi connectivity index (χ4n) is 1.91. The molecule has 0 aromatic heterocycles. The Morgan fingerprint density at radius 3 is 2.79 bits per heavy atom. The summed E-state index contributed by atoms with van der Waals surface area (Å²) in [6.45, 7) is 1.25. The van der Waals surface area contributed by atoms with Gasteiger partial charge in [0.25, 0.3) is 0 Å². The Kier molecular flexibility index (Phi) is 1.97. The molecule has 5 atom stereocenters. The van der Waals surface area contributed by atoms with Crippen molar-refractivity contribution < 1.29 is 23.5 Å². The largest absolute Gasteiger partial charge is 0.522 e. The number of hydrogen-bond acceptors (Lipinski definition) is 6. The number of fused-ring (bicyclic) bond motifs is 2. The van der Waals surface area contributed by atoms with Gasteiger partial charge in [-0.3, -0.25) is 0 Å². The van der Waals surface area contributed by atoms with Gasteiger partial charge in [0.2, 0.25) is 0 Å². The Hall–Kier alpha value is -0.0231. The third-order valence-corrected chi connectivity index (χ3v) is 5.84. The zero-order valence-electron chi connectivity index (χ0n) is 7.55. The molecule has 0 aromatic rings. The van der Waals surface area contributed by atoms with Crippen LogP contribution < -0.4 is 5.32 Å². The highest BCUT2D eigenvalue weighted by Crippen LogP contribution is 2.35. The van der Waals surface area contributed by atoms with Gasteiger partial charge >= 0.3 is 8.80 Å². The maximum atomic E-state index is 9.62. The van der Waals surface area contributed by atoms with Crippen LogP contribution in [-0.4, -0.2) is 56.3 Å². The van der Waals surface area contributed by atoms with Gasteiger partial charge in [0.15, 0.2) is 6.29 Å². The number of aliphatic hydroxyl groups is 2. The first kappa shape index (κ1) is 9.22. The molecule has 2 bridgehead atoms. The molecule has 7 heteroatoms. The molecule has 80 valence electrons. The van der Waals surface area contributed by atoms with Gasteiger partial charge in [-0.1, -0.05) is 0 Å². The molecular weight excluding hydrogens is 206 g/mol. The Morgan fingerprint density at radius 2 is 2.07 bits per heavy atom. The Balaban J connectivity index is 1.86. The van der Waals surface area contributed by atoms with Gasteiger partial charge in [0.05, 0.1) is 11.8 Å². The quantitative estimate of drug-likeness (QED) is 0.347. The molecule has 5 unspecified atom stereocenters. The summed E-state index contributed by atoms with van der Waals surface area (Å²) in [6, 6.07) is 0. The van der Waals surface area contributed by atoms with Crippen LogP contribution in [-0.2, 0) is 13.3 Å². The van der Waals surface area contributed by atoms with Crippen LogP contribution in [0.15, 0.2) is 0 Å². The van der Waals surface area contributed by atoms with Gasteiger partial charge < -0.3 is 28.8 Å². The summed E-state index contributed by atoms with van der Waals surface area (Å²) in [6.07, 6.45) is -1.88. The number of rotatable bonds is 1. The molecule has 3 N–H and O–H groups in total. The third-order valence-electron chi connectivity index (χ3n) is 2.80. The summed E-state index contributed by atoms with van der Waals surface area (Å²) >= 11 is 0. The van der Waals surface area contributed by atoms with Crippen molar-refractivity contribution in [3.05, 3.63) is 0 Å². The minimum atomic E-state index is -2.73. The smallest absolute Gasteiger partial charge is 0.390 e. The highest BCUT2D eigenvalue weighted by molar-refractivity contribution is 6.64. The van der Waals surface area contributed by atoms with E-state index >= 15 is 0 Å². The van der Waals surface area contributed by atoms with Crippen LogP contribution in [0.1, 0.15) is 6.42 Å². The van der Waals surface area contributed by atoms with Crippen LogP contribution in [0.4, 0.5) is 0 Å². The minimum Gasteiger partial charge on any atom is -0.390 e. The van der Waals surface area contributed by atoms with Crippen LogP contribution in [0.3, 0.4) is 0 Å². The van der Waals surface area contributed by atoms with E-state index in [1.807, 2.05) is 0 Å². The van der Waals surface area contributed by atoms with Crippen molar-refractivity contribution in [1.82, 2.24) is 5.32 Å². The standard InChI is InChI=1S/C7H13NO5Si/c9-4-1-2-11-14(5-3-8-5)12-6(4)7(10)13-14/h4-10H,1-3H2. The summed E-state index contributed by atoms with van der Waals surface area (Å²) in [7, 11) is -2.73. The second-order valence-corrected chi connectivity index (χ2v) is 6.52. The van der Waals surface area contributed by atoms with Gasteiger partial charge in [-0.25, -0.2) is 0 Å². The molecule has 14 heavy (non-hydrogen) atoms. The lowest BCUT2D eigenvalue weighted by Gasteiger charge is -2.21. The van der Waals surface area contributed by atoms with Crippen molar-refractivity contribution in [2.75, 3.05) is 13.2 Å². The summed E-state index contributed by atoms with van der Waals surface area (Å²) in [5.41, 5.74) is 0.104. The maximum absolute atomic E-state index is 9.62. The van der Waals surface area contributed by atoms with E-state index in [0.717, 1.165) is 6.54 Å². The molecule has 3 heterocycles. The normalized spacial score (nSPS) is 57.0. The van der Waals surface area contributed by atoms with E-state index in [2.05, 4.69) is 5.32 Å². The van der Waals surface area contributed by atoms with E-state index in [1.54, 1.807) is 0 Å². The monoisotopic (exact) mass is 219 g/mol. The van der Waals surface area contributed by atoms with E-state index in [4.69, 9.17) is 13.3 Å². The van der Waals surface area contributed by atoms with Crippen LogP contribution in [0.2, 0.25) is 0 Å². The average molecular weight is 219 g/mol. The average Bonchev–Trinajstić information content (AvgIpc) is 2.91. The van der Waals surface area contributed by atoms with Gasteiger partial charge in [0.1, 0.15) is 6.10 Å². The lowest BCUT2D eigenvalue weighted by molar-refractivity contribution is -0.0916. The summed E-state index contributed by atoms with van der Waals surface area (Å²) < 4.78 is 16.5. The maximum Gasteiger partial charge on any atom is 0.522 e. The Labute approximate surface area is 82.1 Å². The summed E-state index contributed by atoms with van der Waals surface area (Å²) in [4.78, 5) is 0. The number of nitrogens with one attached hydrogen (secondary N) is 1. The van der Waals surface area contributed by atoms with E-state index in [9.17, 15) is 10.2 Å². The molecule has 3 aliphatic rings. The molecule has 0 spiro atoms. The fourth-order valence-corrected chi connectivity index (χ4v) is 4.77. The van der Waals surface area contributed by atoms with E-state index in [1.165, 1.54) is 0 Å². The first-order valence-corrected chi connectivity index (χ1v) is 6.61. The zero-order valence-corrected chi connectivity index (χ0v) is 8.55. The topological polar surface area (TPSA) is 90.1 Å². The molecule has 3 aliphatic heterocycles. The highest BCUT2D eigenvalue weighted by atomic mass is 28.4. The number of aliphatic hydroxyl groups excluding tert-OH is 2. The van der Waals surface area contributed by atoms with E-state index in [0.29, 0.717) is 13.0 Å². The summed E-state index contributed by atoms with van der Waals surface area (Å²) in [5.74, 6) is 0. The van der Waals surface area contributed by atoms with E-state index in [-0.39, 0.29) is 5.67 Å². The molecule has 3 rings (SSSR count). The number of hydrogen-bond donors (Lipinski definition) is 3. The second kappa shape index (κ2) is 2.98. The van der Waals surface area contributed by atoms with Gasteiger partial charge in [-0.05, 0) is 6.42 Å². The third kappa shape index (κ3) is 1.25. The van der Waals surface area contributed by atoms with Crippen LogP contribution in [0.5, 0.6) is 0 Å². The second-order valence-electron chi connectivity index (χ2n) is 3.86. The molecule has 3 saturated heterocycles. The molecule has 0 aliphatic carbocycles. The SMILES string of the molecule is OC1CCO[Si]2(C3CN3)OC(O)C1O2. The molecule has 3 fully saturated rings. The van der Waals surface area contributed by atoms with Crippen molar-refractivity contribution in [3.63, 3.8) is 0 Å². The van der Waals surface area contributed by atoms with Crippen molar-refractivity contribution >= 4 is 8.80 Å². The molecule has 0 aromatic carbocycles. The van der Waals surface area contributed by atoms with Gasteiger partial charge in [0, 0.05) is 13.2 Å². The van der Waals surface area contributed by atoms with Crippen molar-refractivity contribution in [2.24, 2.45) is 0 Å². The van der Waals surface area contributed by atoms with Gasteiger partial charge in [-0.15, -0.1) is 0 Å². The molecule has 6 nitrogen and oxygen atoms in total. The first-order valence-electron chi connectivity index (χ1n) is 4.80. The Morgan fingerprint density at radius 1 is 1.29 bits per heavy atom. The molecule has 0 saturated carbocycles. The zero-order chi connectivity index (χ0) is 9.76. The lowest BCUT2D eigenvalue weighted by Crippen LogP contribution is -2.49. The highest BCUT2D eigenvalue weighted by Gasteiger charge is 2.65. The predicted octanol–water partition coefficient (Wildman–Crippen LogP) is -2.05. The fraction of sp³-hybridized carbons (Fsp3) is 1.00. The molecule has 0 amide bonds. The van der Waals surface area contributed by atoms with Crippen LogP contribution >= 0.6 is 0 Å². The Bertz CT molecular complexity index is 250. The van der Waals surface area contributed by atoms with Crippen molar-refractivity contribution in [2.45, 2.75) is 30.6 Å². The summed E-state index contributed by atoms with van der Waals surface area (Å²) in [5, 5.41) is 22.3. The molecular formula is C7H13NO5Si. The first-order chi connectivity index (χ1) is 6.71. The minimum absolute atomic E-state index is 0.104. The lowest BCUT2D eigenvalue weighted by atomic mass is 10.1. The van der Waals surface area contributed by atoms with Crippen molar-refractivity contribution in [3.8, 4) is 0 Å². The van der Waals surface area contributed by atoms with Gasteiger partial charge in [-0.2, -0.15) is 0 Å². The predicted molar refractivity (Wildman–Crippen MR) is 46.1 cm³/mol.